The molecule has 0 fully saturated rings. The minimum absolute atomic E-state index is 0.0185. The van der Waals surface area contributed by atoms with E-state index in [4.69, 9.17) is 9.84 Å². The number of carboxylic acids is 1. The lowest BCUT2D eigenvalue weighted by atomic mass is 10.2. The molecule has 0 bridgehead atoms. The number of ether oxygens (including phenoxy) is 1. The predicted octanol–water partition coefficient (Wildman–Crippen LogP) is 2.52. The van der Waals surface area contributed by atoms with Crippen LogP contribution in [-0.4, -0.2) is 21.0 Å². The number of halogens is 1. The van der Waals surface area contributed by atoms with Crippen molar-refractivity contribution in [2.75, 3.05) is 0 Å². The zero-order valence-corrected chi connectivity index (χ0v) is 10.8. The van der Waals surface area contributed by atoms with Crippen LogP contribution in [0.2, 0.25) is 0 Å². The summed E-state index contributed by atoms with van der Waals surface area (Å²) in [6.45, 7) is 0.235. The number of hydrogen-bond acceptors (Lipinski definition) is 4. The van der Waals surface area contributed by atoms with Gasteiger partial charge in [-0.3, -0.25) is 0 Å². The Morgan fingerprint density at radius 3 is 2.83 bits per heavy atom. The van der Waals surface area contributed by atoms with Crippen LogP contribution < -0.4 is 4.74 Å². The van der Waals surface area contributed by atoms with Crippen LogP contribution in [0.5, 0.6) is 5.88 Å². The smallest absolute Gasteiger partial charge is 0.360 e. The van der Waals surface area contributed by atoms with Gasteiger partial charge in [-0.15, -0.1) is 0 Å². The van der Waals surface area contributed by atoms with Crippen molar-refractivity contribution < 1.29 is 14.6 Å². The van der Waals surface area contributed by atoms with Gasteiger partial charge in [0.15, 0.2) is 0 Å². The second-order valence-corrected chi connectivity index (χ2v) is 4.35. The van der Waals surface area contributed by atoms with E-state index in [1.165, 1.54) is 12.4 Å². The van der Waals surface area contributed by atoms with Gasteiger partial charge in [-0.25, -0.2) is 14.8 Å². The van der Waals surface area contributed by atoms with Crippen molar-refractivity contribution in [3.8, 4) is 5.88 Å². The van der Waals surface area contributed by atoms with Gasteiger partial charge in [0.25, 0.3) is 0 Å². The molecule has 0 atom stereocenters. The minimum atomic E-state index is -1.16. The van der Waals surface area contributed by atoms with Gasteiger partial charge in [0, 0.05) is 16.9 Å². The summed E-state index contributed by atoms with van der Waals surface area (Å²) in [5.74, 6) is -1.14. The molecule has 18 heavy (non-hydrogen) atoms. The Hall–Kier alpha value is -1.95. The molecule has 0 spiro atoms. The highest BCUT2D eigenvalue weighted by atomic mass is 79.9. The summed E-state index contributed by atoms with van der Waals surface area (Å²) in [4.78, 5) is 18.5. The molecule has 0 unspecified atom stereocenters. The number of carbonyl (C=O) groups is 1. The maximum Gasteiger partial charge on any atom is 0.360 e. The molecule has 0 aliphatic carbocycles. The summed E-state index contributed by atoms with van der Waals surface area (Å²) in [5.41, 5.74) is 0.721. The largest absolute Gasteiger partial charge is 0.476 e. The molecular formula is C12H9BrN2O3. The molecule has 0 aliphatic rings. The molecule has 2 aromatic rings. The van der Waals surface area contributed by atoms with Gasteiger partial charge in [0.05, 0.1) is 0 Å². The van der Waals surface area contributed by atoms with Crippen molar-refractivity contribution >= 4 is 21.9 Å². The summed E-state index contributed by atoms with van der Waals surface area (Å²) in [5, 5.41) is 8.92. The number of carboxylic acid groups (broad SMARTS) is 1. The fourth-order valence-electron chi connectivity index (χ4n) is 1.36. The topological polar surface area (TPSA) is 72.3 Å². The Morgan fingerprint density at radius 2 is 2.11 bits per heavy atom. The highest BCUT2D eigenvalue weighted by Gasteiger charge is 2.13. The zero-order chi connectivity index (χ0) is 13.0. The third-order valence-electron chi connectivity index (χ3n) is 2.13. The Labute approximate surface area is 112 Å². The molecule has 0 saturated carbocycles. The number of aromatic nitrogens is 2. The third kappa shape index (κ3) is 3.04. The molecule has 0 radical (unpaired) electrons. The van der Waals surface area contributed by atoms with E-state index >= 15 is 0 Å². The van der Waals surface area contributed by atoms with Crippen molar-refractivity contribution in [1.82, 2.24) is 9.97 Å². The SMILES string of the molecule is O=C(O)c1nccnc1OCc1cccc(Br)c1. The van der Waals surface area contributed by atoms with Crippen molar-refractivity contribution in [2.45, 2.75) is 6.61 Å². The molecule has 1 aromatic carbocycles. The van der Waals surface area contributed by atoms with Crippen molar-refractivity contribution in [2.24, 2.45) is 0 Å². The van der Waals surface area contributed by atoms with Gasteiger partial charge < -0.3 is 9.84 Å². The minimum Gasteiger partial charge on any atom is -0.476 e. The third-order valence-corrected chi connectivity index (χ3v) is 2.63. The van der Waals surface area contributed by atoms with Crippen LogP contribution in [0.15, 0.2) is 41.1 Å². The fourth-order valence-corrected chi connectivity index (χ4v) is 1.80. The summed E-state index contributed by atoms with van der Waals surface area (Å²) in [6.07, 6.45) is 2.71. The molecule has 0 amide bonds. The monoisotopic (exact) mass is 308 g/mol. The molecule has 92 valence electrons. The normalized spacial score (nSPS) is 10.1. The summed E-state index contributed by atoms with van der Waals surface area (Å²) >= 11 is 3.35. The van der Waals surface area contributed by atoms with E-state index in [-0.39, 0.29) is 18.2 Å². The zero-order valence-electron chi connectivity index (χ0n) is 9.21. The van der Waals surface area contributed by atoms with Crippen LogP contribution in [0.4, 0.5) is 0 Å². The first-order chi connectivity index (χ1) is 8.66. The van der Waals surface area contributed by atoms with Crippen LogP contribution in [-0.2, 0) is 6.61 Å². The average molecular weight is 309 g/mol. The molecule has 6 heteroatoms. The van der Waals surface area contributed by atoms with Crippen LogP contribution >= 0.6 is 15.9 Å². The quantitative estimate of drug-likeness (QED) is 0.939. The molecule has 1 aromatic heterocycles. The van der Waals surface area contributed by atoms with E-state index in [9.17, 15) is 4.79 Å². The van der Waals surface area contributed by atoms with E-state index in [2.05, 4.69) is 25.9 Å². The predicted molar refractivity (Wildman–Crippen MR) is 67.5 cm³/mol. The lowest BCUT2D eigenvalue weighted by molar-refractivity contribution is 0.0683. The summed E-state index contributed by atoms with van der Waals surface area (Å²) in [7, 11) is 0. The van der Waals surface area contributed by atoms with E-state index in [1.54, 1.807) is 0 Å². The van der Waals surface area contributed by atoms with Gasteiger partial charge in [-0.05, 0) is 17.7 Å². The fraction of sp³-hybridized carbons (Fsp3) is 0.0833. The van der Waals surface area contributed by atoms with Gasteiger partial charge in [0.2, 0.25) is 11.6 Å². The van der Waals surface area contributed by atoms with Crippen molar-refractivity contribution in [3.05, 3.63) is 52.4 Å². The van der Waals surface area contributed by atoms with Gasteiger partial charge >= 0.3 is 5.97 Å². The van der Waals surface area contributed by atoms with Crippen LogP contribution in [0.25, 0.3) is 0 Å². The standard InChI is InChI=1S/C12H9BrN2O3/c13-9-3-1-2-8(6-9)7-18-11-10(12(16)17)14-4-5-15-11/h1-6H,7H2,(H,16,17). The summed E-state index contributed by atoms with van der Waals surface area (Å²) in [6, 6.07) is 7.53. The van der Waals surface area contributed by atoms with E-state index in [1.807, 2.05) is 24.3 Å². The molecule has 0 saturated heterocycles. The number of nitrogens with zero attached hydrogens (tertiary/aromatic N) is 2. The van der Waals surface area contributed by atoms with E-state index in [0.29, 0.717) is 0 Å². The molecule has 1 N–H and O–H groups in total. The van der Waals surface area contributed by atoms with Gasteiger partial charge in [-0.1, -0.05) is 28.1 Å². The van der Waals surface area contributed by atoms with Crippen molar-refractivity contribution in [1.29, 1.82) is 0 Å². The first-order valence-corrected chi connectivity index (χ1v) is 5.87. The molecule has 0 aliphatic heterocycles. The lowest BCUT2D eigenvalue weighted by Gasteiger charge is -2.07. The Bertz CT molecular complexity index is 575. The second-order valence-electron chi connectivity index (χ2n) is 3.43. The first-order valence-electron chi connectivity index (χ1n) is 5.08. The van der Waals surface area contributed by atoms with Crippen LogP contribution in [0, 0.1) is 0 Å². The lowest BCUT2D eigenvalue weighted by Crippen LogP contribution is -2.07. The summed E-state index contributed by atoms with van der Waals surface area (Å²) < 4.78 is 6.30. The molecular weight excluding hydrogens is 300 g/mol. The highest BCUT2D eigenvalue weighted by molar-refractivity contribution is 9.10. The highest BCUT2D eigenvalue weighted by Crippen LogP contribution is 2.16. The van der Waals surface area contributed by atoms with Crippen molar-refractivity contribution in [3.63, 3.8) is 0 Å². The first kappa shape index (κ1) is 12.5. The van der Waals surface area contributed by atoms with Gasteiger partial charge in [0.1, 0.15) is 6.61 Å². The Kier molecular flexibility index (Phi) is 3.88. The maximum absolute atomic E-state index is 10.9. The Morgan fingerprint density at radius 1 is 1.33 bits per heavy atom. The number of rotatable bonds is 4. The van der Waals surface area contributed by atoms with Crippen LogP contribution in [0.3, 0.4) is 0 Å². The maximum atomic E-state index is 10.9. The average Bonchev–Trinajstić information content (AvgIpc) is 2.37. The van der Waals surface area contributed by atoms with Crippen LogP contribution in [0.1, 0.15) is 16.1 Å². The number of aromatic carboxylic acids is 1. The van der Waals surface area contributed by atoms with Gasteiger partial charge in [-0.2, -0.15) is 0 Å². The number of hydrogen-bond donors (Lipinski definition) is 1. The number of benzene rings is 1. The Balaban J connectivity index is 2.13. The second kappa shape index (κ2) is 5.59. The molecule has 1 heterocycles. The molecule has 5 nitrogen and oxygen atoms in total. The van der Waals surface area contributed by atoms with E-state index in [0.717, 1.165) is 10.0 Å². The van der Waals surface area contributed by atoms with E-state index < -0.39 is 5.97 Å². The molecule has 2 rings (SSSR count).